The predicted octanol–water partition coefficient (Wildman–Crippen LogP) is 3.66. The Labute approximate surface area is 136 Å². The number of methoxy groups -OCH3 is 1. The van der Waals surface area contributed by atoms with Gasteiger partial charge in [0.05, 0.1) is 18.7 Å². The first-order valence-electron chi connectivity index (χ1n) is 6.95. The molecule has 1 aliphatic carbocycles. The van der Waals surface area contributed by atoms with Gasteiger partial charge in [0.15, 0.2) is 5.13 Å². The highest BCUT2D eigenvalue weighted by atomic mass is 32.1. The molecule has 0 aliphatic heterocycles. The topological polar surface area (TPSA) is 64.1 Å². The first-order chi connectivity index (χ1) is 11.2. The molecule has 5 nitrogen and oxygen atoms in total. The van der Waals surface area contributed by atoms with Crippen molar-refractivity contribution in [3.8, 4) is 0 Å². The Hall–Kier alpha value is -2.54. The monoisotopic (exact) mass is 331 g/mol. The van der Waals surface area contributed by atoms with Gasteiger partial charge in [-0.25, -0.2) is 9.37 Å². The number of hydrogen-bond donors (Lipinski definition) is 1. The van der Waals surface area contributed by atoms with Crippen LogP contribution >= 0.6 is 11.3 Å². The quantitative estimate of drug-likeness (QED) is 0.928. The second-order valence-electron chi connectivity index (χ2n) is 4.90. The van der Waals surface area contributed by atoms with E-state index in [0.29, 0.717) is 28.6 Å². The predicted molar refractivity (Wildman–Crippen MR) is 85.9 cm³/mol. The number of rotatable bonds is 4. The zero-order chi connectivity index (χ0) is 16.2. The smallest absolute Gasteiger partial charge is 0.257 e. The number of nitrogens with zero attached hydrogens (tertiary/aromatic N) is 2. The van der Waals surface area contributed by atoms with Gasteiger partial charge in [-0.1, -0.05) is 0 Å². The molecule has 1 atom stereocenters. The lowest BCUT2D eigenvalue weighted by atomic mass is 9.96. The van der Waals surface area contributed by atoms with E-state index >= 15 is 0 Å². The van der Waals surface area contributed by atoms with E-state index in [0.717, 1.165) is 0 Å². The second-order valence-corrected chi connectivity index (χ2v) is 5.75. The van der Waals surface area contributed by atoms with E-state index in [4.69, 9.17) is 4.74 Å². The fourth-order valence-electron chi connectivity index (χ4n) is 2.22. The normalized spacial score (nSPS) is 17.2. The van der Waals surface area contributed by atoms with E-state index in [9.17, 15) is 9.18 Å². The summed E-state index contributed by atoms with van der Waals surface area (Å²) >= 11 is 1.27. The lowest BCUT2D eigenvalue weighted by molar-refractivity contribution is 0.102. The molecule has 1 amide bonds. The minimum Gasteiger partial charge on any atom is -0.497 e. The standard InChI is InChI=1S/C16H14FN3O2S/c1-22-11-2-3-12(13(17)8-11)14-9-23-16(19-14)20-15(21)10-4-6-18-7-5-10/h2,4-9,12H,3H2,1H3,(H,19,20,21). The molecule has 1 aliphatic rings. The number of carbonyl (C=O) groups is 1. The van der Waals surface area contributed by atoms with Crippen LogP contribution in [0.3, 0.4) is 0 Å². The molecule has 2 aromatic rings. The third-order valence-electron chi connectivity index (χ3n) is 3.45. The summed E-state index contributed by atoms with van der Waals surface area (Å²) in [5.41, 5.74) is 1.09. The van der Waals surface area contributed by atoms with E-state index in [-0.39, 0.29) is 11.7 Å². The number of nitrogens with one attached hydrogen (secondary N) is 1. The maximum Gasteiger partial charge on any atom is 0.257 e. The Bertz CT molecular complexity index is 771. The van der Waals surface area contributed by atoms with Gasteiger partial charge in [0.2, 0.25) is 0 Å². The molecule has 0 spiro atoms. The number of ether oxygens (including phenoxy) is 1. The summed E-state index contributed by atoms with van der Waals surface area (Å²) in [6.07, 6.45) is 6.76. The highest BCUT2D eigenvalue weighted by Gasteiger charge is 2.23. The van der Waals surface area contributed by atoms with E-state index in [1.807, 2.05) is 6.08 Å². The third kappa shape index (κ3) is 3.45. The molecule has 118 valence electrons. The fourth-order valence-corrected chi connectivity index (χ4v) is 2.98. The third-order valence-corrected chi connectivity index (χ3v) is 4.22. The molecule has 1 unspecified atom stereocenters. The van der Waals surface area contributed by atoms with E-state index < -0.39 is 5.92 Å². The van der Waals surface area contributed by atoms with Crippen molar-refractivity contribution in [2.45, 2.75) is 12.3 Å². The largest absolute Gasteiger partial charge is 0.497 e. The van der Waals surface area contributed by atoms with Crippen LogP contribution in [0.5, 0.6) is 0 Å². The summed E-state index contributed by atoms with van der Waals surface area (Å²) in [5, 5.41) is 4.91. The number of hydrogen-bond acceptors (Lipinski definition) is 5. The van der Waals surface area contributed by atoms with Gasteiger partial charge in [0.25, 0.3) is 5.91 Å². The van der Waals surface area contributed by atoms with Crippen LogP contribution in [-0.2, 0) is 4.74 Å². The Morgan fingerprint density at radius 1 is 1.43 bits per heavy atom. The minimum absolute atomic E-state index is 0.269. The first-order valence-corrected chi connectivity index (χ1v) is 7.83. The molecule has 0 saturated carbocycles. The summed E-state index contributed by atoms with van der Waals surface area (Å²) in [6, 6.07) is 3.23. The summed E-state index contributed by atoms with van der Waals surface area (Å²) in [5.74, 6) is -0.479. The SMILES string of the molecule is COC1=CCC(c2csc(NC(=O)c3ccncc3)n2)C(F)=C1. The van der Waals surface area contributed by atoms with E-state index in [2.05, 4.69) is 15.3 Å². The number of thiazole rings is 1. The zero-order valence-electron chi connectivity index (χ0n) is 12.3. The highest BCUT2D eigenvalue weighted by Crippen LogP contribution is 2.35. The number of halogens is 1. The Morgan fingerprint density at radius 2 is 2.22 bits per heavy atom. The number of carbonyl (C=O) groups excluding carboxylic acids is 1. The van der Waals surface area contributed by atoms with Crippen molar-refractivity contribution in [3.63, 3.8) is 0 Å². The van der Waals surface area contributed by atoms with Crippen LogP contribution < -0.4 is 5.32 Å². The molecule has 2 aromatic heterocycles. The number of anilines is 1. The van der Waals surface area contributed by atoms with Crippen molar-refractivity contribution < 1.29 is 13.9 Å². The van der Waals surface area contributed by atoms with Gasteiger partial charge in [-0.2, -0.15) is 0 Å². The van der Waals surface area contributed by atoms with Gasteiger partial charge in [0.1, 0.15) is 11.6 Å². The molecule has 23 heavy (non-hydrogen) atoms. The van der Waals surface area contributed by atoms with Gasteiger partial charge in [0, 0.05) is 29.4 Å². The van der Waals surface area contributed by atoms with E-state index in [1.54, 1.807) is 29.9 Å². The van der Waals surface area contributed by atoms with Crippen LogP contribution in [0.1, 0.15) is 28.4 Å². The van der Waals surface area contributed by atoms with Crippen LogP contribution in [-0.4, -0.2) is 23.0 Å². The average molecular weight is 331 g/mol. The molecule has 0 radical (unpaired) electrons. The molecule has 0 bridgehead atoms. The molecule has 0 fully saturated rings. The number of amides is 1. The first kappa shape index (κ1) is 15.4. The maximum absolute atomic E-state index is 14.1. The van der Waals surface area contributed by atoms with Gasteiger partial charge in [-0.15, -0.1) is 11.3 Å². The lowest BCUT2D eigenvalue weighted by Gasteiger charge is -2.16. The molecular formula is C16H14FN3O2S. The molecule has 1 N–H and O–H groups in total. The molecule has 7 heteroatoms. The Balaban J connectivity index is 1.71. The number of aromatic nitrogens is 2. The second kappa shape index (κ2) is 6.70. The molecule has 3 rings (SSSR count). The summed E-state index contributed by atoms with van der Waals surface area (Å²) in [4.78, 5) is 20.2. The molecule has 0 saturated heterocycles. The minimum atomic E-state index is -0.434. The maximum atomic E-state index is 14.1. The van der Waals surface area contributed by atoms with Crippen LogP contribution in [0.4, 0.5) is 9.52 Å². The van der Waals surface area contributed by atoms with Gasteiger partial charge in [-0.05, 0) is 24.6 Å². The zero-order valence-corrected chi connectivity index (χ0v) is 13.1. The van der Waals surface area contributed by atoms with Crippen LogP contribution in [0.2, 0.25) is 0 Å². The summed E-state index contributed by atoms with van der Waals surface area (Å²) in [7, 11) is 1.51. The lowest BCUT2D eigenvalue weighted by Crippen LogP contribution is -2.12. The Kier molecular flexibility index (Phi) is 4.47. The van der Waals surface area contributed by atoms with Crippen molar-refractivity contribution in [3.05, 3.63) is 64.9 Å². The Morgan fingerprint density at radius 3 is 2.91 bits per heavy atom. The molecule has 0 aromatic carbocycles. The molecular weight excluding hydrogens is 317 g/mol. The number of pyridine rings is 1. The van der Waals surface area contributed by atoms with Gasteiger partial charge < -0.3 is 4.74 Å². The van der Waals surface area contributed by atoms with Crippen molar-refractivity contribution in [1.29, 1.82) is 0 Å². The van der Waals surface area contributed by atoms with Crippen LogP contribution in [0, 0.1) is 0 Å². The highest BCUT2D eigenvalue weighted by molar-refractivity contribution is 7.14. The summed E-state index contributed by atoms with van der Waals surface area (Å²) in [6.45, 7) is 0. The summed E-state index contributed by atoms with van der Waals surface area (Å²) < 4.78 is 19.1. The number of allylic oxidation sites excluding steroid dienone is 3. The average Bonchev–Trinajstić information content (AvgIpc) is 3.03. The van der Waals surface area contributed by atoms with Crippen molar-refractivity contribution in [1.82, 2.24) is 9.97 Å². The van der Waals surface area contributed by atoms with Crippen LogP contribution in [0.25, 0.3) is 0 Å². The molecule has 2 heterocycles. The van der Waals surface area contributed by atoms with Gasteiger partial charge >= 0.3 is 0 Å². The fraction of sp³-hybridized carbons (Fsp3) is 0.188. The van der Waals surface area contributed by atoms with Crippen LogP contribution in [0.15, 0.2) is 53.6 Å². The van der Waals surface area contributed by atoms with Crippen molar-refractivity contribution in [2.75, 3.05) is 12.4 Å². The van der Waals surface area contributed by atoms with Gasteiger partial charge in [-0.3, -0.25) is 15.1 Å². The van der Waals surface area contributed by atoms with Crippen molar-refractivity contribution >= 4 is 22.4 Å². The van der Waals surface area contributed by atoms with E-state index in [1.165, 1.54) is 24.5 Å². The van der Waals surface area contributed by atoms with Crippen molar-refractivity contribution in [2.24, 2.45) is 0 Å².